The number of carbonyl (C=O) groups excluding carboxylic acids is 1. The van der Waals surface area contributed by atoms with Crippen molar-refractivity contribution in [1.29, 1.82) is 0 Å². The number of fused-ring (bicyclic) bond motifs is 1. The first-order chi connectivity index (χ1) is 12.2. The molecular formula is C18H22N6O. The number of nitrogens with zero attached hydrogens (tertiary/aromatic N) is 3. The molecule has 0 radical (unpaired) electrons. The minimum atomic E-state index is -0.192. The molecule has 1 aromatic carbocycles. The minimum absolute atomic E-state index is 0.192. The first kappa shape index (κ1) is 15.8. The molecule has 2 aromatic heterocycles. The number of rotatable bonds is 5. The van der Waals surface area contributed by atoms with Crippen LogP contribution in [0.1, 0.15) is 28.3 Å². The molecule has 1 atom stereocenters. The molecular weight excluding hydrogens is 316 g/mol. The number of hydrogen-bond acceptors (Lipinski definition) is 4. The molecule has 7 nitrogen and oxygen atoms in total. The number of aryl methyl sites for hydroxylation is 1. The van der Waals surface area contributed by atoms with Gasteiger partial charge in [0, 0.05) is 36.2 Å². The molecule has 0 aliphatic carbocycles. The number of nitrogens with one attached hydrogen (secondary N) is 3. The van der Waals surface area contributed by atoms with Crippen molar-refractivity contribution in [2.24, 2.45) is 5.92 Å². The first-order valence-corrected chi connectivity index (χ1v) is 8.63. The standard InChI is InChI=1S/C18H22N6O/c1-12-14-4-2-3-5-15(14)22-16(12)10-24-7-6-13(9-24)8-19-18(25)17-20-11-21-23-17/h2-5,11,13,22H,6-10H2,1H3,(H,19,25)(H,20,21,23)/t13-/m0/s1. The van der Waals surface area contributed by atoms with Crippen molar-refractivity contribution in [1.82, 2.24) is 30.4 Å². The molecule has 3 heterocycles. The minimum Gasteiger partial charge on any atom is -0.357 e. The molecule has 1 aliphatic rings. The number of benzene rings is 1. The van der Waals surface area contributed by atoms with Crippen molar-refractivity contribution in [3.8, 4) is 0 Å². The maximum absolute atomic E-state index is 11.9. The van der Waals surface area contributed by atoms with Crippen molar-refractivity contribution in [3.63, 3.8) is 0 Å². The van der Waals surface area contributed by atoms with E-state index in [9.17, 15) is 4.79 Å². The molecule has 7 heteroatoms. The van der Waals surface area contributed by atoms with Crippen LogP contribution >= 0.6 is 0 Å². The highest BCUT2D eigenvalue weighted by molar-refractivity contribution is 5.90. The zero-order chi connectivity index (χ0) is 17.2. The van der Waals surface area contributed by atoms with Gasteiger partial charge in [0.25, 0.3) is 5.91 Å². The average Bonchev–Trinajstić information content (AvgIpc) is 3.35. The Balaban J connectivity index is 1.33. The third-order valence-electron chi connectivity index (χ3n) is 5.00. The third-order valence-corrected chi connectivity index (χ3v) is 5.00. The highest BCUT2D eigenvalue weighted by Gasteiger charge is 2.24. The summed E-state index contributed by atoms with van der Waals surface area (Å²) in [6.07, 6.45) is 2.44. The van der Waals surface area contributed by atoms with Crippen molar-refractivity contribution < 1.29 is 4.79 Å². The summed E-state index contributed by atoms with van der Waals surface area (Å²) >= 11 is 0. The van der Waals surface area contributed by atoms with Gasteiger partial charge in [0.15, 0.2) is 0 Å². The molecule has 130 valence electrons. The lowest BCUT2D eigenvalue weighted by atomic mass is 10.1. The third kappa shape index (κ3) is 3.28. The lowest BCUT2D eigenvalue weighted by Gasteiger charge is -2.16. The molecule has 1 saturated heterocycles. The van der Waals surface area contributed by atoms with Crippen LogP contribution in [-0.4, -0.2) is 50.6 Å². The fourth-order valence-electron chi connectivity index (χ4n) is 3.58. The quantitative estimate of drug-likeness (QED) is 0.662. The Morgan fingerprint density at radius 3 is 3.08 bits per heavy atom. The molecule has 1 amide bonds. The monoisotopic (exact) mass is 338 g/mol. The average molecular weight is 338 g/mol. The van der Waals surface area contributed by atoms with E-state index in [0.29, 0.717) is 12.5 Å². The number of aromatic amines is 2. The number of para-hydroxylation sites is 1. The van der Waals surface area contributed by atoms with Crippen LogP contribution in [0.5, 0.6) is 0 Å². The normalized spacial score (nSPS) is 18.0. The summed E-state index contributed by atoms with van der Waals surface area (Å²) in [6.45, 7) is 5.82. The number of carbonyl (C=O) groups is 1. The van der Waals surface area contributed by atoms with E-state index >= 15 is 0 Å². The Labute approximate surface area is 145 Å². The lowest BCUT2D eigenvalue weighted by molar-refractivity contribution is 0.0937. The Morgan fingerprint density at radius 1 is 1.40 bits per heavy atom. The molecule has 3 aromatic rings. The van der Waals surface area contributed by atoms with Gasteiger partial charge < -0.3 is 10.3 Å². The van der Waals surface area contributed by atoms with Crippen LogP contribution < -0.4 is 5.32 Å². The van der Waals surface area contributed by atoms with E-state index in [2.05, 4.69) is 61.6 Å². The van der Waals surface area contributed by atoms with Crippen LogP contribution in [0.3, 0.4) is 0 Å². The maximum atomic E-state index is 11.9. The Bertz CT molecular complexity index is 869. The molecule has 1 fully saturated rings. The van der Waals surface area contributed by atoms with E-state index in [-0.39, 0.29) is 11.7 Å². The van der Waals surface area contributed by atoms with Gasteiger partial charge in [0.05, 0.1) is 0 Å². The lowest BCUT2D eigenvalue weighted by Crippen LogP contribution is -2.31. The van der Waals surface area contributed by atoms with Crippen LogP contribution in [0.15, 0.2) is 30.6 Å². The SMILES string of the molecule is Cc1c(CN2CC[C@@H](CNC(=O)c3ncn[nH]3)C2)[nH]c2ccccc12. The van der Waals surface area contributed by atoms with Gasteiger partial charge in [0.2, 0.25) is 5.82 Å². The molecule has 0 bridgehead atoms. The number of likely N-dealkylation sites (tertiary alicyclic amines) is 1. The topological polar surface area (TPSA) is 89.7 Å². The van der Waals surface area contributed by atoms with E-state index in [1.807, 2.05) is 0 Å². The molecule has 0 saturated carbocycles. The number of amides is 1. The van der Waals surface area contributed by atoms with Gasteiger partial charge in [-0.1, -0.05) is 18.2 Å². The second-order valence-electron chi connectivity index (χ2n) is 6.71. The number of aromatic nitrogens is 4. The summed E-state index contributed by atoms with van der Waals surface area (Å²) < 4.78 is 0. The van der Waals surface area contributed by atoms with Gasteiger partial charge in [-0.05, 0) is 37.4 Å². The van der Waals surface area contributed by atoms with Crippen LogP contribution in [-0.2, 0) is 6.54 Å². The molecule has 4 rings (SSSR count). The number of H-pyrrole nitrogens is 2. The fraction of sp³-hybridized carbons (Fsp3) is 0.389. The van der Waals surface area contributed by atoms with Crippen molar-refractivity contribution >= 4 is 16.8 Å². The van der Waals surface area contributed by atoms with Gasteiger partial charge >= 0.3 is 0 Å². The summed E-state index contributed by atoms with van der Waals surface area (Å²) in [5, 5.41) is 10.5. The predicted octanol–water partition coefficient (Wildman–Crippen LogP) is 1.85. The summed E-state index contributed by atoms with van der Waals surface area (Å²) in [4.78, 5) is 21.8. The van der Waals surface area contributed by atoms with Crippen molar-refractivity contribution in [3.05, 3.63) is 47.7 Å². The van der Waals surface area contributed by atoms with Crippen LogP contribution in [0.2, 0.25) is 0 Å². The Morgan fingerprint density at radius 2 is 2.28 bits per heavy atom. The smallest absolute Gasteiger partial charge is 0.288 e. The zero-order valence-electron chi connectivity index (χ0n) is 14.2. The summed E-state index contributed by atoms with van der Waals surface area (Å²) in [7, 11) is 0. The summed E-state index contributed by atoms with van der Waals surface area (Å²) in [5.74, 6) is 0.544. The highest BCUT2D eigenvalue weighted by Crippen LogP contribution is 2.24. The maximum Gasteiger partial charge on any atom is 0.288 e. The molecule has 0 spiro atoms. The largest absolute Gasteiger partial charge is 0.357 e. The fourth-order valence-corrected chi connectivity index (χ4v) is 3.58. The van der Waals surface area contributed by atoms with Crippen LogP contribution in [0.25, 0.3) is 10.9 Å². The number of hydrogen-bond donors (Lipinski definition) is 3. The Kier molecular flexibility index (Phi) is 4.23. The van der Waals surface area contributed by atoms with E-state index < -0.39 is 0 Å². The van der Waals surface area contributed by atoms with E-state index in [4.69, 9.17) is 0 Å². The molecule has 1 aliphatic heterocycles. The Hall–Kier alpha value is -2.67. The molecule has 0 unspecified atom stereocenters. The molecule has 3 N–H and O–H groups in total. The van der Waals surface area contributed by atoms with E-state index in [1.165, 1.54) is 28.5 Å². The van der Waals surface area contributed by atoms with Gasteiger partial charge in [-0.25, -0.2) is 4.98 Å². The van der Waals surface area contributed by atoms with Gasteiger partial charge in [0.1, 0.15) is 6.33 Å². The van der Waals surface area contributed by atoms with E-state index in [0.717, 1.165) is 26.1 Å². The highest BCUT2D eigenvalue weighted by atomic mass is 16.2. The van der Waals surface area contributed by atoms with Crippen molar-refractivity contribution in [2.75, 3.05) is 19.6 Å². The second-order valence-corrected chi connectivity index (χ2v) is 6.71. The van der Waals surface area contributed by atoms with Crippen LogP contribution in [0, 0.1) is 12.8 Å². The van der Waals surface area contributed by atoms with Gasteiger partial charge in [-0.2, -0.15) is 5.10 Å². The zero-order valence-corrected chi connectivity index (χ0v) is 14.2. The van der Waals surface area contributed by atoms with Gasteiger partial charge in [-0.15, -0.1) is 0 Å². The van der Waals surface area contributed by atoms with Gasteiger partial charge in [-0.3, -0.25) is 14.8 Å². The summed E-state index contributed by atoms with van der Waals surface area (Å²) in [6, 6.07) is 8.43. The molecule has 25 heavy (non-hydrogen) atoms. The summed E-state index contributed by atoms with van der Waals surface area (Å²) in [5.41, 5.74) is 3.82. The van der Waals surface area contributed by atoms with Crippen LogP contribution in [0.4, 0.5) is 0 Å². The predicted molar refractivity (Wildman–Crippen MR) is 95.1 cm³/mol. The van der Waals surface area contributed by atoms with E-state index in [1.54, 1.807) is 0 Å². The first-order valence-electron chi connectivity index (χ1n) is 8.63. The second kappa shape index (κ2) is 6.68. The van der Waals surface area contributed by atoms with Crippen molar-refractivity contribution in [2.45, 2.75) is 19.9 Å².